The molecule has 2 aromatic carbocycles. The number of hydrogen-bond donors (Lipinski definition) is 4. The van der Waals surface area contributed by atoms with Gasteiger partial charge in [0.05, 0.1) is 19.3 Å². The Labute approximate surface area is 287 Å². The molecule has 9 heteroatoms. The predicted molar refractivity (Wildman–Crippen MR) is 189 cm³/mol. The minimum atomic E-state index is -0.850. The van der Waals surface area contributed by atoms with Crippen molar-refractivity contribution in [3.8, 4) is 11.1 Å². The van der Waals surface area contributed by atoms with E-state index in [9.17, 15) is 19.8 Å². The number of aliphatic hydroxyl groups is 2. The topological polar surface area (TPSA) is 114 Å². The number of carbonyl (C=O) groups is 2. The van der Waals surface area contributed by atoms with Crippen LogP contribution in [0.5, 0.6) is 0 Å². The number of carbonyl (C=O) groups excluding carboxylic acids is 2. The third-order valence-corrected chi connectivity index (χ3v) is 11.5. The zero-order valence-corrected chi connectivity index (χ0v) is 30.1. The molecule has 2 unspecified atom stereocenters. The van der Waals surface area contributed by atoms with Gasteiger partial charge < -0.3 is 25.7 Å². The van der Waals surface area contributed by atoms with E-state index < -0.39 is 24.2 Å². The van der Waals surface area contributed by atoms with Crippen LogP contribution >= 0.6 is 0 Å². The van der Waals surface area contributed by atoms with E-state index in [0.717, 1.165) is 36.1 Å². The first-order valence-corrected chi connectivity index (χ1v) is 17.9. The summed E-state index contributed by atoms with van der Waals surface area (Å²) in [6.45, 7) is 13.7. The molecule has 3 aliphatic carbocycles. The Balaban J connectivity index is 1.32. The van der Waals surface area contributed by atoms with Gasteiger partial charge in [-0.15, -0.1) is 0 Å². The average molecular weight is 663 g/mol. The molecule has 2 aromatic rings. The van der Waals surface area contributed by atoms with Crippen molar-refractivity contribution in [1.29, 1.82) is 0 Å². The summed E-state index contributed by atoms with van der Waals surface area (Å²) in [6, 6.07) is 15.0. The molecule has 1 aliphatic heterocycles. The van der Waals surface area contributed by atoms with Crippen LogP contribution in [-0.2, 0) is 16.2 Å². The monoisotopic (exact) mass is 662 g/mol. The van der Waals surface area contributed by atoms with Crippen LogP contribution in [0.25, 0.3) is 11.1 Å². The standard InChI is InChI=1S/C39H58N4O5/c1-23(2)15-31(21-42(7)8)40-37(46)29-14-10-13-28(17-29)27-12-9-11-26(16-27)20-43-36(35(25(4)45)34(22-44)48-43)38(47)41-33-19-30-18-32(24(33)3)39(30,5)6/h9-14,16-17,23-25,30-36,44-45H,15,18-22H2,1-8H3,(H,40,46)(H,41,47)/t24-,25+,30?,31-,32?,33+,34+,35-,36+/m1/s1. The summed E-state index contributed by atoms with van der Waals surface area (Å²) < 4.78 is 0. The van der Waals surface area contributed by atoms with Gasteiger partial charge in [0.25, 0.3) is 5.91 Å². The number of amides is 2. The van der Waals surface area contributed by atoms with Crippen LogP contribution in [0, 0.1) is 35.0 Å². The smallest absolute Gasteiger partial charge is 0.251 e. The molecule has 48 heavy (non-hydrogen) atoms. The first-order valence-electron chi connectivity index (χ1n) is 17.9. The van der Waals surface area contributed by atoms with E-state index in [0.29, 0.717) is 41.2 Å². The zero-order valence-electron chi connectivity index (χ0n) is 30.1. The lowest BCUT2D eigenvalue weighted by atomic mass is 9.45. The number of fused-ring (bicyclic) bond motifs is 2. The van der Waals surface area contributed by atoms with Gasteiger partial charge in [-0.25, -0.2) is 0 Å². The maximum atomic E-state index is 14.0. The molecule has 9 nitrogen and oxygen atoms in total. The third kappa shape index (κ3) is 7.81. The lowest BCUT2D eigenvalue weighted by Crippen LogP contribution is -2.62. The highest BCUT2D eigenvalue weighted by atomic mass is 16.7. The van der Waals surface area contributed by atoms with Crippen molar-refractivity contribution in [3.05, 3.63) is 59.7 Å². The fourth-order valence-electron chi connectivity index (χ4n) is 8.81. The van der Waals surface area contributed by atoms with Gasteiger partial charge in [-0.3, -0.25) is 14.4 Å². The van der Waals surface area contributed by atoms with Crippen LogP contribution in [-0.4, -0.2) is 89.6 Å². The second kappa shape index (κ2) is 15.0. The summed E-state index contributed by atoms with van der Waals surface area (Å²) in [5, 5.41) is 29.2. The number of hydrogen-bond acceptors (Lipinski definition) is 7. The summed E-state index contributed by atoms with van der Waals surface area (Å²) in [7, 11) is 4.03. The second-order valence-electron chi connectivity index (χ2n) is 16.1. The Morgan fingerprint density at radius 1 is 1.06 bits per heavy atom. The maximum Gasteiger partial charge on any atom is 0.251 e. The SMILES string of the molecule is CC(C)C[C@H](CN(C)C)NC(=O)c1cccc(-c2cccc(CN3O[C@@H](CO)[C@@H]([C@H](C)O)[C@H]3C(=O)N[C@H]3CC4CC([C@H]3C)C4(C)C)c2)c1. The summed E-state index contributed by atoms with van der Waals surface area (Å²) >= 11 is 0. The molecule has 2 amide bonds. The van der Waals surface area contributed by atoms with Gasteiger partial charge in [0.15, 0.2) is 0 Å². The van der Waals surface area contributed by atoms with Crippen molar-refractivity contribution in [1.82, 2.24) is 20.6 Å². The highest BCUT2D eigenvalue weighted by Gasteiger charge is 2.57. The Bertz CT molecular complexity index is 1420. The third-order valence-electron chi connectivity index (χ3n) is 11.5. The van der Waals surface area contributed by atoms with Crippen LogP contribution in [0.4, 0.5) is 0 Å². The van der Waals surface area contributed by atoms with E-state index in [4.69, 9.17) is 4.84 Å². The van der Waals surface area contributed by atoms with Crippen LogP contribution in [0.3, 0.4) is 0 Å². The van der Waals surface area contributed by atoms with Crippen LogP contribution in [0.15, 0.2) is 48.5 Å². The molecule has 4 fully saturated rings. The quantitative estimate of drug-likeness (QED) is 0.246. The number of likely N-dealkylation sites (N-methyl/N-ethyl adjacent to an activating group) is 1. The van der Waals surface area contributed by atoms with Crippen molar-refractivity contribution in [2.45, 2.75) is 97.7 Å². The fraction of sp³-hybridized carbons (Fsp3) is 0.641. The number of aliphatic hydroxyl groups excluding tert-OH is 2. The Hall–Kier alpha value is -2.82. The summed E-state index contributed by atoms with van der Waals surface area (Å²) in [5.41, 5.74) is 3.69. The highest BCUT2D eigenvalue weighted by Crippen LogP contribution is 2.61. The average Bonchev–Trinajstić information content (AvgIpc) is 3.39. The molecule has 1 saturated heterocycles. The van der Waals surface area contributed by atoms with Crippen molar-refractivity contribution in [2.75, 3.05) is 27.2 Å². The van der Waals surface area contributed by atoms with Crippen LogP contribution < -0.4 is 10.6 Å². The summed E-state index contributed by atoms with van der Waals surface area (Å²) in [4.78, 5) is 35.7. The van der Waals surface area contributed by atoms with Gasteiger partial charge in [0, 0.05) is 30.1 Å². The minimum absolute atomic E-state index is 0.0529. The molecule has 4 aliphatic rings. The molecular weight excluding hydrogens is 604 g/mol. The molecule has 2 bridgehead atoms. The van der Waals surface area contributed by atoms with E-state index in [1.54, 1.807) is 12.0 Å². The predicted octanol–water partition coefficient (Wildman–Crippen LogP) is 4.72. The molecule has 4 N–H and O–H groups in total. The van der Waals surface area contributed by atoms with Crippen molar-refractivity contribution >= 4 is 11.8 Å². The summed E-state index contributed by atoms with van der Waals surface area (Å²) in [6.07, 6.45) is 1.54. The number of hydroxylamine groups is 2. The lowest BCUT2D eigenvalue weighted by Gasteiger charge is -2.62. The van der Waals surface area contributed by atoms with Crippen molar-refractivity contribution in [3.63, 3.8) is 0 Å². The van der Waals surface area contributed by atoms with Gasteiger partial charge in [-0.05, 0) is 104 Å². The first-order chi connectivity index (χ1) is 22.7. The fourth-order valence-corrected chi connectivity index (χ4v) is 8.81. The van der Waals surface area contributed by atoms with Gasteiger partial charge in [0.1, 0.15) is 12.1 Å². The molecule has 0 radical (unpaired) electrons. The van der Waals surface area contributed by atoms with Gasteiger partial charge in [0.2, 0.25) is 5.91 Å². The Morgan fingerprint density at radius 2 is 1.75 bits per heavy atom. The Kier molecular flexibility index (Phi) is 11.4. The van der Waals surface area contributed by atoms with Crippen LogP contribution in [0.1, 0.15) is 76.7 Å². The van der Waals surface area contributed by atoms with Crippen LogP contribution in [0.2, 0.25) is 0 Å². The lowest BCUT2D eigenvalue weighted by molar-refractivity contribution is -0.183. The maximum absolute atomic E-state index is 14.0. The first kappa shape index (κ1) is 36.5. The number of benzene rings is 2. The Morgan fingerprint density at radius 3 is 2.35 bits per heavy atom. The molecule has 3 saturated carbocycles. The molecule has 1 heterocycles. The highest BCUT2D eigenvalue weighted by molar-refractivity contribution is 5.95. The zero-order chi connectivity index (χ0) is 34.9. The van der Waals surface area contributed by atoms with Gasteiger partial charge >= 0.3 is 0 Å². The normalized spacial score (nSPS) is 29.4. The second-order valence-corrected chi connectivity index (χ2v) is 16.1. The molecule has 264 valence electrons. The van der Waals surface area contributed by atoms with Crippen molar-refractivity contribution in [2.24, 2.45) is 35.0 Å². The molecule has 6 rings (SSSR count). The van der Waals surface area contributed by atoms with E-state index in [-0.39, 0.29) is 30.5 Å². The van der Waals surface area contributed by atoms with E-state index in [2.05, 4.69) is 50.2 Å². The van der Waals surface area contributed by atoms with E-state index in [1.165, 1.54) is 6.42 Å². The summed E-state index contributed by atoms with van der Waals surface area (Å²) in [5.74, 6) is 1.19. The molecular formula is C39H58N4O5. The number of nitrogens with zero attached hydrogens (tertiary/aromatic N) is 2. The molecule has 0 spiro atoms. The number of rotatable bonds is 13. The van der Waals surface area contributed by atoms with E-state index >= 15 is 0 Å². The minimum Gasteiger partial charge on any atom is -0.394 e. The van der Waals surface area contributed by atoms with E-state index in [1.807, 2.05) is 62.6 Å². The van der Waals surface area contributed by atoms with Crippen molar-refractivity contribution < 1.29 is 24.6 Å². The number of nitrogens with one attached hydrogen (secondary N) is 2. The molecule has 9 atom stereocenters. The largest absolute Gasteiger partial charge is 0.394 e. The van der Waals surface area contributed by atoms with Gasteiger partial charge in [-0.2, -0.15) is 5.06 Å². The molecule has 0 aromatic heterocycles. The van der Waals surface area contributed by atoms with Gasteiger partial charge in [-0.1, -0.05) is 65.0 Å².